The van der Waals surface area contributed by atoms with Crippen LogP contribution in [0.5, 0.6) is 0 Å². The predicted molar refractivity (Wildman–Crippen MR) is 50.2 cm³/mol. The smallest absolute Gasteiger partial charge is 0.0128 e. The van der Waals surface area contributed by atoms with Gasteiger partial charge in [-0.15, -0.1) is 7.92 Å². The molecular formula is C9H19P. The normalized spacial score (nSPS) is 39.6. The molecule has 1 aliphatic rings. The minimum Gasteiger partial charge on any atom is -0.104 e. The average Bonchev–Trinajstić information content (AvgIpc) is 1.84. The molecule has 1 heteroatoms. The predicted octanol–water partition coefficient (Wildman–Crippen LogP) is 3.31. The maximum absolute atomic E-state index is 2.46. The zero-order chi connectivity index (χ0) is 7.78. The molecule has 1 rings (SSSR count). The lowest BCUT2D eigenvalue weighted by Crippen LogP contribution is -2.31. The molecule has 0 nitrogen and oxygen atoms in total. The van der Waals surface area contributed by atoms with Crippen LogP contribution >= 0.6 is 7.92 Å². The van der Waals surface area contributed by atoms with Crippen LogP contribution in [-0.2, 0) is 0 Å². The van der Waals surface area contributed by atoms with Crippen molar-refractivity contribution >= 4 is 7.92 Å². The Morgan fingerprint density at radius 1 is 1.40 bits per heavy atom. The zero-order valence-electron chi connectivity index (χ0n) is 7.65. The average molecular weight is 158 g/mol. The molecule has 0 saturated carbocycles. The van der Waals surface area contributed by atoms with Crippen LogP contribution in [0.2, 0.25) is 0 Å². The van der Waals surface area contributed by atoms with Crippen LogP contribution in [0.4, 0.5) is 0 Å². The largest absolute Gasteiger partial charge is 0.104 e. The van der Waals surface area contributed by atoms with Gasteiger partial charge in [0.25, 0.3) is 0 Å². The molecule has 60 valence electrons. The van der Waals surface area contributed by atoms with Gasteiger partial charge >= 0.3 is 0 Å². The van der Waals surface area contributed by atoms with E-state index in [4.69, 9.17) is 0 Å². The second-order valence-corrected chi connectivity index (χ2v) is 7.11. The maximum Gasteiger partial charge on any atom is -0.0128 e. The highest BCUT2D eigenvalue weighted by Gasteiger charge is 2.34. The Bertz CT molecular complexity index is 106. The summed E-state index contributed by atoms with van der Waals surface area (Å²) in [5.41, 5.74) is 0. The summed E-state index contributed by atoms with van der Waals surface area (Å²) < 4.78 is 0. The molecule has 0 aromatic rings. The molecule has 1 aliphatic heterocycles. The minimum absolute atomic E-state index is 0.326. The van der Waals surface area contributed by atoms with Crippen molar-refractivity contribution in [1.29, 1.82) is 0 Å². The Balaban J connectivity index is 2.63. The van der Waals surface area contributed by atoms with E-state index in [0.29, 0.717) is 13.1 Å². The quantitative estimate of drug-likeness (QED) is 0.474. The van der Waals surface area contributed by atoms with Gasteiger partial charge < -0.3 is 0 Å². The molecule has 2 unspecified atom stereocenters. The van der Waals surface area contributed by atoms with Crippen LogP contribution in [0.25, 0.3) is 0 Å². The fourth-order valence-electron chi connectivity index (χ4n) is 1.65. The van der Waals surface area contributed by atoms with E-state index in [0.717, 1.165) is 5.92 Å². The van der Waals surface area contributed by atoms with Crippen LogP contribution in [0.15, 0.2) is 0 Å². The summed E-state index contributed by atoms with van der Waals surface area (Å²) in [5.74, 6) is 0.956. The highest BCUT2D eigenvalue weighted by atomic mass is 31.1. The van der Waals surface area contributed by atoms with Crippen molar-refractivity contribution < 1.29 is 0 Å². The van der Waals surface area contributed by atoms with Crippen LogP contribution in [0.1, 0.15) is 33.6 Å². The first-order valence-corrected chi connectivity index (χ1v) is 6.24. The monoisotopic (exact) mass is 158 g/mol. The summed E-state index contributed by atoms with van der Waals surface area (Å²) in [7, 11) is 0.326. The first-order valence-electron chi connectivity index (χ1n) is 4.26. The van der Waals surface area contributed by atoms with Gasteiger partial charge in [-0.1, -0.05) is 20.8 Å². The number of rotatable bonds is 0. The van der Waals surface area contributed by atoms with Crippen molar-refractivity contribution in [1.82, 2.24) is 0 Å². The van der Waals surface area contributed by atoms with Crippen LogP contribution < -0.4 is 0 Å². The molecule has 0 amide bonds. The Labute approximate surface area is 66.2 Å². The topological polar surface area (TPSA) is 0 Å². The van der Waals surface area contributed by atoms with Crippen LogP contribution in [0.3, 0.4) is 0 Å². The molecule has 0 spiro atoms. The Kier molecular flexibility index (Phi) is 2.40. The van der Waals surface area contributed by atoms with E-state index in [9.17, 15) is 0 Å². The Morgan fingerprint density at radius 2 is 2.00 bits per heavy atom. The minimum atomic E-state index is 0.326. The van der Waals surface area contributed by atoms with Gasteiger partial charge in [0.1, 0.15) is 0 Å². The molecule has 0 bridgehead atoms. The molecule has 1 fully saturated rings. The van der Waals surface area contributed by atoms with E-state index >= 15 is 0 Å². The maximum atomic E-state index is 2.46. The molecule has 1 heterocycles. The second-order valence-electron chi connectivity index (χ2n) is 4.12. The van der Waals surface area contributed by atoms with Crippen molar-refractivity contribution in [3.05, 3.63) is 0 Å². The van der Waals surface area contributed by atoms with Gasteiger partial charge in [0, 0.05) is 0 Å². The molecule has 10 heavy (non-hydrogen) atoms. The lowest BCUT2D eigenvalue weighted by molar-refractivity contribution is 0.402. The summed E-state index contributed by atoms with van der Waals surface area (Å²) in [6.45, 7) is 9.77. The number of hydrogen-bond acceptors (Lipinski definition) is 0. The first-order chi connectivity index (χ1) is 4.55. The Morgan fingerprint density at radius 3 is 2.40 bits per heavy atom. The van der Waals surface area contributed by atoms with E-state index in [2.05, 4.69) is 27.4 Å². The standard InChI is InChI=1S/C9H19P/c1-8-6-5-7-10(4)9(8,2)3/h8H,5-7H2,1-4H3. The van der Waals surface area contributed by atoms with Crippen molar-refractivity contribution in [3.63, 3.8) is 0 Å². The van der Waals surface area contributed by atoms with E-state index in [-0.39, 0.29) is 0 Å². The van der Waals surface area contributed by atoms with Gasteiger partial charge in [-0.3, -0.25) is 0 Å². The van der Waals surface area contributed by atoms with Crippen molar-refractivity contribution in [2.75, 3.05) is 12.8 Å². The molecule has 1 saturated heterocycles. The van der Waals surface area contributed by atoms with Gasteiger partial charge in [0.05, 0.1) is 0 Å². The number of hydrogen-bond donors (Lipinski definition) is 0. The van der Waals surface area contributed by atoms with E-state index in [1.165, 1.54) is 19.0 Å². The molecular weight excluding hydrogens is 139 g/mol. The highest BCUT2D eigenvalue weighted by molar-refractivity contribution is 7.58. The summed E-state index contributed by atoms with van der Waals surface area (Å²) in [6, 6.07) is 0. The summed E-state index contributed by atoms with van der Waals surface area (Å²) in [6.07, 6.45) is 4.44. The first kappa shape index (κ1) is 8.53. The SMILES string of the molecule is CC1CCCP(C)C1(C)C. The molecule has 0 aliphatic carbocycles. The third kappa shape index (κ3) is 1.37. The molecule has 0 N–H and O–H groups in total. The van der Waals surface area contributed by atoms with Crippen molar-refractivity contribution in [2.45, 2.75) is 38.8 Å². The van der Waals surface area contributed by atoms with Gasteiger partial charge in [-0.25, -0.2) is 0 Å². The van der Waals surface area contributed by atoms with Crippen molar-refractivity contribution in [3.8, 4) is 0 Å². The molecule has 0 aromatic carbocycles. The second kappa shape index (κ2) is 2.81. The Hall–Kier alpha value is 0.430. The summed E-state index contributed by atoms with van der Waals surface area (Å²) >= 11 is 0. The van der Waals surface area contributed by atoms with Gasteiger partial charge in [-0.05, 0) is 36.7 Å². The lowest BCUT2D eigenvalue weighted by atomic mass is 9.92. The van der Waals surface area contributed by atoms with Gasteiger partial charge in [-0.2, -0.15) is 0 Å². The van der Waals surface area contributed by atoms with Gasteiger partial charge in [0.15, 0.2) is 0 Å². The van der Waals surface area contributed by atoms with Gasteiger partial charge in [0.2, 0.25) is 0 Å². The lowest BCUT2D eigenvalue weighted by Gasteiger charge is -2.42. The highest BCUT2D eigenvalue weighted by Crippen LogP contribution is 2.55. The third-order valence-corrected chi connectivity index (χ3v) is 6.72. The third-order valence-electron chi connectivity index (χ3n) is 3.32. The molecule has 0 aromatic heterocycles. The van der Waals surface area contributed by atoms with E-state index in [1.54, 1.807) is 0 Å². The van der Waals surface area contributed by atoms with Crippen molar-refractivity contribution in [2.24, 2.45) is 5.92 Å². The van der Waals surface area contributed by atoms with Crippen LogP contribution in [0, 0.1) is 5.92 Å². The molecule has 2 atom stereocenters. The molecule has 0 radical (unpaired) electrons. The van der Waals surface area contributed by atoms with E-state index in [1.807, 2.05) is 0 Å². The summed E-state index contributed by atoms with van der Waals surface area (Å²) in [5, 5.41) is 0.660. The van der Waals surface area contributed by atoms with Crippen LogP contribution in [-0.4, -0.2) is 18.0 Å². The van der Waals surface area contributed by atoms with E-state index < -0.39 is 0 Å². The summed E-state index contributed by atoms with van der Waals surface area (Å²) in [4.78, 5) is 0. The fraction of sp³-hybridized carbons (Fsp3) is 1.00. The fourth-order valence-corrected chi connectivity index (χ4v) is 3.77. The zero-order valence-corrected chi connectivity index (χ0v) is 8.54.